The molecule has 0 radical (unpaired) electrons. The predicted octanol–water partition coefficient (Wildman–Crippen LogP) is 1.03. The summed E-state index contributed by atoms with van der Waals surface area (Å²) in [6.45, 7) is 2.55. The van der Waals surface area contributed by atoms with Gasteiger partial charge in [0.1, 0.15) is 0 Å². The van der Waals surface area contributed by atoms with Crippen molar-refractivity contribution >= 4 is 11.6 Å². The van der Waals surface area contributed by atoms with Crippen molar-refractivity contribution in [1.29, 1.82) is 0 Å². The molecule has 0 spiro atoms. The van der Waals surface area contributed by atoms with E-state index in [4.69, 9.17) is 5.73 Å². The Hall–Kier alpha value is -1.39. The van der Waals surface area contributed by atoms with Crippen LogP contribution in [0.15, 0.2) is 24.3 Å². The third-order valence-corrected chi connectivity index (χ3v) is 2.13. The Balaban J connectivity index is 2.61. The molecule has 1 atom stereocenters. The molecule has 0 saturated carbocycles. The first-order chi connectivity index (χ1) is 7.49. The molecule has 0 fully saturated rings. The third kappa shape index (κ3) is 4.00. The lowest BCUT2D eigenvalue weighted by Crippen LogP contribution is -2.32. The van der Waals surface area contributed by atoms with Gasteiger partial charge in [-0.05, 0) is 38.7 Å². The number of anilines is 1. The first-order valence-corrected chi connectivity index (χ1v) is 5.29. The van der Waals surface area contributed by atoms with E-state index in [9.17, 15) is 4.79 Å². The molecule has 3 N–H and O–H groups in total. The molecule has 0 aliphatic carbocycles. The highest BCUT2D eigenvalue weighted by Gasteiger charge is 2.06. The van der Waals surface area contributed by atoms with Crippen LogP contribution >= 0.6 is 0 Å². The SMILES string of the molecule is CC(N)C(=O)Nc1ccc(CN(C)C)cc1. The molecular weight excluding hydrogens is 202 g/mol. The van der Waals surface area contributed by atoms with E-state index in [1.807, 2.05) is 38.4 Å². The van der Waals surface area contributed by atoms with E-state index in [2.05, 4.69) is 10.2 Å². The Kier molecular flexibility index (Phi) is 4.46. The number of hydrogen-bond donors (Lipinski definition) is 2. The average Bonchev–Trinajstić information content (AvgIpc) is 2.20. The molecule has 0 aromatic heterocycles. The Morgan fingerprint density at radius 3 is 2.38 bits per heavy atom. The number of hydrogen-bond acceptors (Lipinski definition) is 3. The van der Waals surface area contributed by atoms with Gasteiger partial charge in [0.2, 0.25) is 5.91 Å². The summed E-state index contributed by atoms with van der Waals surface area (Å²) in [6.07, 6.45) is 0. The fourth-order valence-electron chi connectivity index (χ4n) is 1.31. The molecule has 0 aliphatic rings. The van der Waals surface area contributed by atoms with Gasteiger partial charge in [-0.2, -0.15) is 0 Å². The van der Waals surface area contributed by atoms with Crippen molar-refractivity contribution < 1.29 is 4.79 Å². The quantitative estimate of drug-likeness (QED) is 0.798. The zero-order valence-electron chi connectivity index (χ0n) is 10.0. The summed E-state index contributed by atoms with van der Waals surface area (Å²) in [4.78, 5) is 13.4. The number of nitrogens with zero attached hydrogens (tertiary/aromatic N) is 1. The fourth-order valence-corrected chi connectivity index (χ4v) is 1.31. The van der Waals surface area contributed by atoms with Crippen molar-refractivity contribution in [3.8, 4) is 0 Å². The lowest BCUT2D eigenvalue weighted by molar-refractivity contribution is -0.117. The van der Waals surface area contributed by atoms with E-state index in [-0.39, 0.29) is 5.91 Å². The summed E-state index contributed by atoms with van der Waals surface area (Å²) in [7, 11) is 4.04. The van der Waals surface area contributed by atoms with Gasteiger partial charge in [0, 0.05) is 12.2 Å². The van der Waals surface area contributed by atoms with Crippen LogP contribution in [0.3, 0.4) is 0 Å². The first-order valence-electron chi connectivity index (χ1n) is 5.29. The fraction of sp³-hybridized carbons (Fsp3) is 0.417. The van der Waals surface area contributed by atoms with Gasteiger partial charge < -0.3 is 16.0 Å². The Morgan fingerprint density at radius 2 is 1.94 bits per heavy atom. The monoisotopic (exact) mass is 221 g/mol. The van der Waals surface area contributed by atoms with Crippen molar-refractivity contribution in [2.45, 2.75) is 19.5 Å². The van der Waals surface area contributed by atoms with Gasteiger partial charge in [-0.3, -0.25) is 4.79 Å². The Labute approximate surface area is 96.4 Å². The van der Waals surface area contributed by atoms with Crippen molar-refractivity contribution in [1.82, 2.24) is 4.90 Å². The van der Waals surface area contributed by atoms with E-state index in [1.165, 1.54) is 5.56 Å². The Bertz CT molecular complexity index is 344. The van der Waals surface area contributed by atoms with Crippen LogP contribution in [0.25, 0.3) is 0 Å². The lowest BCUT2D eigenvalue weighted by Gasteiger charge is -2.11. The van der Waals surface area contributed by atoms with Crippen molar-refractivity contribution in [2.75, 3.05) is 19.4 Å². The minimum absolute atomic E-state index is 0.166. The second-order valence-corrected chi connectivity index (χ2v) is 4.21. The molecule has 0 heterocycles. The molecule has 0 aliphatic heterocycles. The second-order valence-electron chi connectivity index (χ2n) is 4.21. The maximum Gasteiger partial charge on any atom is 0.240 e. The molecule has 1 aromatic rings. The van der Waals surface area contributed by atoms with E-state index < -0.39 is 6.04 Å². The topological polar surface area (TPSA) is 58.4 Å². The number of carbonyl (C=O) groups excluding carboxylic acids is 1. The van der Waals surface area contributed by atoms with Crippen LogP contribution < -0.4 is 11.1 Å². The molecule has 1 aromatic carbocycles. The largest absolute Gasteiger partial charge is 0.325 e. The van der Waals surface area contributed by atoms with Crippen LogP contribution in [-0.4, -0.2) is 30.9 Å². The Morgan fingerprint density at radius 1 is 1.38 bits per heavy atom. The normalized spacial score (nSPS) is 12.6. The molecule has 1 amide bonds. The highest BCUT2D eigenvalue weighted by Crippen LogP contribution is 2.10. The van der Waals surface area contributed by atoms with Gasteiger partial charge in [0.15, 0.2) is 0 Å². The van der Waals surface area contributed by atoms with E-state index in [0.29, 0.717) is 0 Å². The predicted molar refractivity (Wildman–Crippen MR) is 66.1 cm³/mol. The number of amides is 1. The first kappa shape index (κ1) is 12.7. The molecule has 0 bridgehead atoms. The minimum Gasteiger partial charge on any atom is -0.325 e. The summed E-state index contributed by atoms with van der Waals surface area (Å²) >= 11 is 0. The number of rotatable bonds is 4. The summed E-state index contributed by atoms with van der Waals surface area (Å²) in [5.41, 5.74) is 7.45. The van der Waals surface area contributed by atoms with Gasteiger partial charge in [-0.15, -0.1) is 0 Å². The zero-order valence-corrected chi connectivity index (χ0v) is 10.0. The van der Waals surface area contributed by atoms with Gasteiger partial charge in [-0.25, -0.2) is 0 Å². The summed E-state index contributed by atoms with van der Waals surface area (Å²) in [5, 5.41) is 2.74. The average molecular weight is 221 g/mol. The highest BCUT2D eigenvalue weighted by molar-refractivity contribution is 5.94. The van der Waals surface area contributed by atoms with Crippen LogP contribution in [0.5, 0.6) is 0 Å². The van der Waals surface area contributed by atoms with Crippen LogP contribution in [0.2, 0.25) is 0 Å². The zero-order chi connectivity index (χ0) is 12.1. The summed E-state index contributed by atoms with van der Waals surface area (Å²) < 4.78 is 0. The van der Waals surface area contributed by atoms with E-state index in [0.717, 1.165) is 12.2 Å². The summed E-state index contributed by atoms with van der Waals surface area (Å²) in [6, 6.07) is 7.28. The van der Waals surface area contributed by atoms with E-state index >= 15 is 0 Å². The molecule has 16 heavy (non-hydrogen) atoms. The number of benzene rings is 1. The van der Waals surface area contributed by atoms with Crippen LogP contribution in [0, 0.1) is 0 Å². The molecule has 0 saturated heterocycles. The van der Waals surface area contributed by atoms with Crippen molar-refractivity contribution in [3.63, 3.8) is 0 Å². The summed E-state index contributed by atoms with van der Waals surface area (Å²) in [5.74, 6) is -0.166. The standard InChI is InChI=1S/C12H19N3O/c1-9(13)12(16)14-11-6-4-10(5-7-11)8-15(2)3/h4-7,9H,8,13H2,1-3H3,(H,14,16). The van der Waals surface area contributed by atoms with Crippen LogP contribution in [-0.2, 0) is 11.3 Å². The van der Waals surface area contributed by atoms with Gasteiger partial charge >= 0.3 is 0 Å². The second kappa shape index (κ2) is 5.63. The molecular formula is C12H19N3O. The number of nitrogens with two attached hydrogens (primary N) is 1. The van der Waals surface area contributed by atoms with Gasteiger partial charge in [-0.1, -0.05) is 12.1 Å². The smallest absolute Gasteiger partial charge is 0.240 e. The molecule has 4 nitrogen and oxygen atoms in total. The van der Waals surface area contributed by atoms with Gasteiger partial charge in [0.25, 0.3) is 0 Å². The van der Waals surface area contributed by atoms with Crippen LogP contribution in [0.4, 0.5) is 5.69 Å². The molecule has 4 heteroatoms. The van der Waals surface area contributed by atoms with Crippen LogP contribution in [0.1, 0.15) is 12.5 Å². The lowest BCUT2D eigenvalue weighted by atomic mass is 10.2. The third-order valence-electron chi connectivity index (χ3n) is 2.13. The molecule has 88 valence electrons. The number of carbonyl (C=O) groups is 1. The van der Waals surface area contributed by atoms with Gasteiger partial charge in [0.05, 0.1) is 6.04 Å². The van der Waals surface area contributed by atoms with E-state index in [1.54, 1.807) is 6.92 Å². The molecule has 1 rings (SSSR count). The highest BCUT2D eigenvalue weighted by atomic mass is 16.2. The maximum absolute atomic E-state index is 11.3. The number of nitrogens with one attached hydrogen (secondary N) is 1. The van der Waals surface area contributed by atoms with Crippen molar-refractivity contribution in [2.24, 2.45) is 5.73 Å². The minimum atomic E-state index is -0.485. The van der Waals surface area contributed by atoms with Crippen molar-refractivity contribution in [3.05, 3.63) is 29.8 Å². The maximum atomic E-state index is 11.3. The molecule has 1 unspecified atom stereocenters.